The minimum atomic E-state index is -0.357. The molecule has 7 heteroatoms. The summed E-state index contributed by atoms with van der Waals surface area (Å²) in [6.07, 6.45) is 0.233. The van der Waals surface area contributed by atoms with Crippen molar-refractivity contribution in [2.24, 2.45) is 0 Å². The van der Waals surface area contributed by atoms with Crippen molar-refractivity contribution in [1.29, 1.82) is 0 Å². The van der Waals surface area contributed by atoms with Gasteiger partial charge in [-0.25, -0.2) is 4.39 Å². The Labute approximate surface area is 119 Å². The third kappa shape index (κ3) is 3.17. The van der Waals surface area contributed by atoms with Crippen LogP contribution in [-0.4, -0.2) is 27.9 Å². The Morgan fingerprint density at radius 2 is 2.20 bits per heavy atom. The lowest BCUT2D eigenvalue weighted by Gasteiger charge is -2.01. The molecular formula is C13H14FN3O2S. The van der Waals surface area contributed by atoms with Gasteiger partial charge in [-0.05, 0) is 30.7 Å². The number of nitrogens with zero attached hydrogens (tertiary/aromatic N) is 2. The van der Waals surface area contributed by atoms with Crippen LogP contribution in [0.15, 0.2) is 33.7 Å². The average Bonchev–Trinajstić information content (AvgIpc) is 3.07. The van der Waals surface area contributed by atoms with Gasteiger partial charge in [0.05, 0.1) is 17.9 Å². The normalized spacial score (nSPS) is 22.3. The van der Waals surface area contributed by atoms with Crippen LogP contribution in [0.2, 0.25) is 0 Å². The fourth-order valence-electron chi connectivity index (χ4n) is 2.05. The first-order valence-electron chi connectivity index (χ1n) is 6.33. The molecule has 1 aliphatic rings. The fourth-order valence-corrected chi connectivity index (χ4v) is 2.79. The SMILES string of the molecule is O[C@@H]1CN[C@H](c2nc(CSc3ccc(F)cc3)no2)C1. The molecule has 2 aromatic rings. The van der Waals surface area contributed by atoms with E-state index in [0.29, 0.717) is 30.4 Å². The predicted molar refractivity (Wildman–Crippen MR) is 71.6 cm³/mol. The van der Waals surface area contributed by atoms with Crippen LogP contribution < -0.4 is 5.32 Å². The van der Waals surface area contributed by atoms with Gasteiger partial charge in [-0.2, -0.15) is 4.98 Å². The lowest BCUT2D eigenvalue weighted by Crippen LogP contribution is -2.15. The number of rotatable bonds is 4. The molecule has 0 aliphatic carbocycles. The molecular weight excluding hydrogens is 281 g/mol. The second-order valence-corrected chi connectivity index (χ2v) is 5.69. The van der Waals surface area contributed by atoms with Crippen LogP contribution in [-0.2, 0) is 5.75 Å². The van der Waals surface area contributed by atoms with E-state index in [-0.39, 0.29) is 18.0 Å². The Kier molecular flexibility index (Phi) is 4.00. The van der Waals surface area contributed by atoms with Crippen LogP contribution in [0.4, 0.5) is 4.39 Å². The molecule has 0 radical (unpaired) electrons. The van der Waals surface area contributed by atoms with Gasteiger partial charge in [0.2, 0.25) is 5.89 Å². The number of benzene rings is 1. The van der Waals surface area contributed by atoms with E-state index in [1.54, 1.807) is 12.1 Å². The topological polar surface area (TPSA) is 71.2 Å². The summed E-state index contributed by atoms with van der Waals surface area (Å²) in [6.45, 7) is 0.548. The molecule has 20 heavy (non-hydrogen) atoms. The lowest BCUT2D eigenvalue weighted by molar-refractivity contribution is 0.191. The number of aliphatic hydroxyl groups excluding tert-OH is 1. The van der Waals surface area contributed by atoms with Crippen molar-refractivity contribution in [2.45, 2.75) is 29.2 Å². The molecule has 0 unspecified atom stereocenters. The summed E-state index contributed by atoms with van der Waals surface area (Å²) in [4.78, 5) is 5.26. The zero-order chi connectivity index (χ0) is 13.9. The molecule has 0 spiro atoms. The maximum Gasteiger partial charge on any atom is 0.243 e. The molecule has 5 nitrogen and oxygen atoms in total. The van der Waals surface area contributed by atoms with Crippen LogP contribution in [0.5, 0.6) is 0 Å². The van der Waals surface area contributed by atoms with Crippen LogP contribution in [0, 0.1) is 5.82 Å². The van der Waals surface area contributed by atoms with Gasteiger partial charge in [0.25, 0.3) is 0 Å². The van der Waals surface area contributed by atoms with Crippen molar-refractivity contribution in [3.8, 4) is 0 Å². The van der Waals surface area contributed by atoms with Gasteiger partial charge in [-0.1, -0.05) is 5.16 Å². The third-order valence-electron chi connectivity index (χ3n) is 3.07. The molecule has 1 aromatic carbocycles. The van der Waals surface area contributed by atoms with Crippen molar-refractivity contribution < 1.29 is 14.0 Å². The number of thioether (sulfide) groups is 1. The molecule has 1 aliphatic heterocycles. The number of halogens is 1. The first-order chi connectivity index (χ1) is 9.70. The number of β-amino-alcohol motifs (C(OH)–C–C–N with tert-alkyl or cyclic N) is 1. The summed E-state index contributed by atoms with van der Waals surface area (Å²) in [6, 6.07) is 6.22. The van der Waals surface area contributed by atoms with E-state index < -0.39 is 0 Å². The maximum atomic E-state index is 12.8. The molecule has 0 saturated carbocycles. The van der Waals surface area contributed by atoms with Crippen molar-refractivity contribution in [3.05, 3.63) is 41.8 Å². The Morgan fingerprint density at radius 3 is 2.90 bits per heavy atom. The number of hydrogen-bond acceptors (Lipinski definition) is 6. The molecule has 2 atom stereocenters. The highest BCUT2D eigenvalue weighted by Crippen LogP contribution is 2.25. The van der Waals surface area contributed by atoms with Gasteiger partial charge in [0.15, 0.2) is 5.82 Å². The Bertz CT molecular complexity index is 575. The molecule has 2 heterocycles. The summed E-state index contributed by atoms with van der Waals surface area (Å²) in [5.74, 6) is 1.42. The van der Waals surface area contributed by atoms with Crippen LogP contribution in [0.25, 0.3) is 0 Å². The maximum absolute atomic E-state index is 12.8. The van der Waals surface area contributed by atoms with Crippen LogP contribution in [0.3, 0.4) is 0 Å². The van der Waals surface area contributed by atoms with E-state index in [9.17, 15) is 9.50 Å². The van der Waals surface area contributed by atoms with Gasteiger partial charge in [0, 0.05) is 11.4 Å². The first-order valence-corrected chi connectivity index (χ1v) is 7.31. The van der Waals surface area contributed by atoms with E-state index in [1.807, 2.05) is 0 Å². The number of hydrogen-bond donors (Lipinski definition) is 2. The smallest absolute Gasteiger partial charge is 0.243 e. The van der Waals surface area contributed by atoms with Gasteiger partial charge in [-0.15, -0.1) is 11.8 Å². The molecule has 0 bridgehead atoms. The summed E-state index contributed by atoms with van der Waals surface area (Å²) in [5.41, 5.74) is 0. The van der Waals surface area contributed by atoms with Crippen LogP contribution >= 0.6 is 11.8 Å². The molecule has 1 fully saturated rings. The van der Waals surface area contributed by atoms with E-state index in [2.05, 4.69) is 15.5 Å². The van der Waals surface area contributed by atoms with Gasteiger partial charge >= 0.3 is 0 Å². The highest BCUT2D eigenvalue weighted by Gasteiger charge is 2.27. The zero-order valence-corrected chi connectivity index (χ0v) is 11.4. The monoisotopic (exact) mass is 295 g/mol. The van der Waals surface area contributed by atoms with E-state index in [0.717, 1.165) is 4.90 Å². The summed E-state index contributed by atoms with van der Waals surface area (Å²) >= 11 is 1.52. The summed E-state index contributed by atoms with van der Waals surface area (Å²) < 4.78 is 18.0. The largest absolute Gasteiger partial charge is 0.392 e. The van der Waals surface area contributed by atoms with Crippen molar-refractivity contribution in [2.75, 3.05) is 6.54 Å². The standard InChI is InChI=1S/C13H14FN3O2S/c14-8-1-3-10(4-2-8)20-7-12-16-13(19-17-12)11-5-9(18)6-15-11/h1-4,9,11,15,18H,5-7H2/t9-,11-/m0/s1. The predicted octanol–water partition coefficient (Wildman–Crippen LogP) is 1.90. The second-order valence-electron chi connectivity index (χ2n) is 4.64. The summed E-state index contributed by atoms with van der Waals surface area (Å²) in [5, 5.41) is 16.5. The lowest BCUT2D eigenvalue weighted by atomic mass is 10.2. The summed E-state index contributed by atoms with van der Waals surface area (Å²) in [7, 11) is 0. The number of aliphatic hydroxyl groups is 1. The molecule has 0 amide bonds. The highest BCUT2D eigenvalue weighted by atomic mass is 32.2. The van der Waals surface area contributed by atoms with E-state index >= 15 is 0 Å². The quantitative estimate of drug-likeness (QED) is 0.839. The third-order valence-corrected chi connectivity index (χ3v) is 4.08. The first kappa shape index (κ1) is 13.5. The molecule has 1 aromatic heterocycles. The Balaban J connectivity index is 1.58. The van der Waals surface area contributed by atoms with Crippen molar-refractivity contribution in [1.82, 2.24) is 15.5 Å². The van der Waals surface area contributed by atoms with Gasteiger partial charge in [0.1, 0.15) is 5.82 Å². The Hall–Kier alpha value is -1.44. The molecule has 1 saturated heterocycles. The van der Waals surface area contributed by atoms with E-state index in [4.69, 9.17) is 4.52 Å². The minimum absolute atomic E-state index is 0.0675. The Morgan fingerprint density at radius 1 is 1.40 bits per heavy atom. The number of nitrogens with one attached hydrogen (secondary N) is 1. The molecule has 2 N–H and O–H groups in total. The van der Waals surface area contributed by atoms with Crippen LogP contribution in [0.1, 0.15) is 24.2 Å². The van der Waals surface area contributed by atoms with Gasteiger partial charge in [-0.3, -0.25) is 0 Å². The second kappa shape index (κ2) is 5.90. The molecule has 3 rings (SSSR count). The van der Waals surface area contributed by atoms with Crippen molar-refractivity contribution in [3.63, 3.8) is 0 Å². The fraction of sp³-hybridized carbons (Fsp3) is 0.385. The minimum Gasteiger partial charge on any atom is -0.392 e. The van der Waals surface area contributed by atoms with E-state index in [1.165, 1.54) is 23.9 Å². The van der Waals surface area contributed by atoms with Gasteiger partial charge < -0.3 is 14.9 Å². The molecule has 106 valence electrons. The number of aromatic nitrogens is 2. The van der Waals surface area contributed by atoms with Crippen molar-refractivity contribution >= 4 is 11.8 Å². The average molecular weight is 295 g/mol. The zero-order valence-electron chi connectivity index (χ0n) is 10.6. The highest BCUT2D eigenvalue weighted by molar-refractivity contribution is 7.98.